The summed E-state index contributed by atoms with van der Waals surface area (Å²) in [5, 5.41) is 4.07. The molecule has 1 aromatic rings. The van der Waals surface area contributed by atoms with Gasteiger partial charge in [0.1, 0.15) is 0 Å². The van der Waals surface area contributed by atoms with Gasteiger partial charge in [0.25, 0.3) is 0 Å². The fraction of sp³-hybridized carbons (Fsp3) is 0.727. The Bertz CT molecular complexity index is 734. The molecule has 0 N–H and O–H groups in total. The zero-order chi connectivity index (χ0) is 19.8. The molecule has 158 valence electrons. The monoisotopic (exact) mass is 417 g/mol. The molecule has 6 nitrogen and oxygen atoms in total. The maximum atomic E-state index is 13.4. The van der Waals surface area contributed by atoms with Gasteiger partial charge in [0, 0.05) is 45.4 Å². The second-order valence-corrected chi connectivity index (χ2v) is 10.0. The van der Waals surface area contributed by atoms with Crippen LogP contribution in [0.25, 0.3) is 0 Å². The molecule has 1 aromatic heterocycles. The predicted octanol–water partition coefficient (Wildman–Crippen LogP) is 2.98. The summed E-state index contributed by atoms with van der Waals surface area (Å²) >= 11 is 1.64. The van der Waals surface area contributed by atoms with Crippen molar-refractivity contribution in [1.82, 2.24) is 14.7 Å². The number of amides is 3. The van der Waals surface area contributed by atoms with Gasteiger partial charge in [0.05, 0.1) is 12.0 Å². The number of hydrogen-bond donors (Lipinski definition) is 0. The Morgan fingerprint density at radius 1 is 1.17 bits per heavy atom. The van der Waals surface area contributed by atoms with E-state index in [1.165, 1.54) is 12.8 Å². The molecule has 0 atom stereocenters. The topological polar surface area (TPSA) is 53.1 Å². The van der Waals surface area contributed by atoms with Gasteiger partial charge >= 0.3 is 6.03 Å². The zero-order valence-corrected chi connectivity index (χ0v) is 17.9. The molecule has 3 aliphatic heterocycles. The summed E-state index contributed by atoms with van der Waals surface area (Å²) in [6.45, 7) is 4.80. The largest absolute Gasteiger partial charge is 0.381 e. The minimum atomic E-state index is -0.0578. The molecule has 0 unspecified atom stereocenters. The molecule has 1 aliphatic carbocycles. The highest BCUT2D eigenvalue weighted by Crippen LogP contribution is 2.41. The molecule has 29 heavy (non-hydrogen) atoms. The number of rotatable bonds is 5. The third-order valence-corrected chi connectivity index (χ3v) is 7.92. The molecule has 0 bridgehead atoms. The van der Waals surface area contributed by atoms with Gasteiger partial charge in [-0.2, -0.15) is 11.3 Å². The number of carbonyl (C=O) groups is 2. The molecular formula is C22H31N3O3S. The summed E-state index contributed by atoms with van der Waals surface area (Å²) in [5.41, 5.74) is 1.05. The van der Waals surface area contributed by atoms with E-state index in [4.69, 9.17) is 4.74 Å². The Morgan fingerprint density at radius 2 is 1.93 bits per heavy atom. The minimum Gasteiger partial charge on any atom is -0.381 e. The lowest BCUT2D eigenvalue weighted by atomic mass is 9.86. The number of likely N-dealkylation sites (tertiary alicyclic amines) is 1. The maximum absolute atomic E-state index is 13.4. The van der Waals surface area contributed by atoms with Crippen molar-refractivity contribution in [2.24, 2.45) is 5.92 Å². The molecule has 4 aliphatic rings. The van der Waals surface area contributed by atoms with Crippen LogP contribution in [0.15, 0.2) is 16.8 Å². The first-order chi connectivity index (χ1) is 14.1. The van der Waals surface area contributed by atoms with Crippen molar-refractivity contribution in [3.8, 4) is 0 Å². The van der Waals surface area contributed by atoms with E-state index in [2.05, 4.69) is 15.2 Å². The second-order valence-electron chi connectivity index (χ2n) is 9.23. The fourth-order valence-corrected chi connectivity index (χ4v) is 6.02. The van der Waals surface area contributed by atoms with E-state index in [1.807, 2.05) is 16.3 Å². The SMILES string of the molecule is O=C(Cc1ccsc1)N1CCC(N2C(=O)N(CC3CC3)CC23CCOCC3)CC1. The van der Waals surface area contributed by atoms with E-state index < -0.39 is 0 Å². The second kappa shape index (κ2) is 7.91. The highest BCUT2D eigenvalue weighted by Gasteiger charge is 2.53. The maximum Gasteiger partial charge on any atom is 0.320 e. The van der Waals surface area contributed by atoms with Crippen LogP contribution in [0.4, 0.5) is 4.79 Å². The number of thiophene rings is 1. The lowest BCUT2D eigenvalue weighted by Crippen LogP contribution is -2.57. The van der Waals surface area contributed by atoms with Crippen LogP contribution < -0.4 is 0 Å². The molecule has 5 rings (SSSR count). The number of piperidine rings is 1. The third kappa shape index (κ3) is 3.91. The van der Waals surface area contributed by atoms with Crippen LogP contribution in [0.3, 0.4) is 0 Å². The van der Waals surface area contributed by atoms with Crippen molar-refractivity contribution in [3.05, 3.63) is 22.4 Å². The normalized spacial score (nSPS) is 25.2. The van der Waals surface area contributed by atoms with Gasteiger partial charge in [-0.1, -0.05) is 0 Å². The van der Waals surface area contributed by atoms with Gasteiger partial charge in [-0.05, 0) is 66.8 Å². The fourth-order valence-electron chi connectivity index (χ4n) is 5.36. The van der Waals surface area contributed by atoms with E-state index in [0.29, 0.717) is 12.3 Å². The van der Waals surface area contributed by atoms with E-state index >= 15 is 0 Å². The highest BCUT2D eigenvalue weighted by molar-refractivity contribution is 7.08. The Labute approximate surface area is 176 Å². The number of urea groups is 1. The van der Waals surface area contributed by atoms with Gasteiger partial charge < -0.3 is 19.4 Å². The molecule has 3 amide bonds. The smallest absolute Gasteiger partial charge is 0.320 e. The van der Waals surface area contributed by atoms with Gasteiger partial charge in [-0.25, -0.2) is 4.79 Å². The summed E-state index contributed by atoms with van der Waals surface area (Å²) in [4.78, 5) is 32.4. The van der Waals surface area contributed by atoms with E-state index in [1.54, 1.807) is 11.3 Å². The molecule has 0 radical (unpaired) electrons. The van der Waals surface area contributed by atoms with Crippen LogP contribution in [0.2, 0.25) is 0 Å². The summed E-state index contributed by atoms with van der Waals surface area (Å²) in [7, 11) is 0. The average Bonchev–Trinajstić information content (AvgIpc) is 3.33. The molecule has 4 heterocycles. The lowest BCUT2D eigenvalue weighted by Gasteiger charge is -2.46. The lowest BCUT2D eigenvalue weighted by molar-refractivity contribution is -0.132. The van der Waals surface area contributed by atoms with Crippen LogP contribution in [0.5, 0.6) is 0 Å². The molecule has 3 saturated heterocycles. The van der Waals surface area contributed by atoms with Crippen LogP contribution in [-0.2, 0) is 16.0 Å². The van der Waals surface area contributed by atoms with Gasteiger partial charge in [0.15, 0.2) is 0 Å². The zero-order valence-electron chi connectivity index (χ0n) is 17.1. The Kier molecular flexibility index (Phi) is 5.28. The number of hydrogen-bond acceptors (Lipinski definition) is 4. The standard InChI is InChI=1S/C22H31N3O3S/c26-20(13-18-5-12-29-15-18)23-8-3-19(4-9-23)25-21(27)24(14-17-1-2-17)16-22(25)6-10-28-11-7-22/h5,12,15,17,19H,1-4,6-11,13-14,16H2. The van der Waals surface area contributed by atoms with Gasteiger partial charge in [-0.15, -0.1) is 0 Å². The molecule has 1 saturated carbocycles. The van der Waals surface area contributed by atoms with Crippen LogP contribution >= 0.6 is 11.3 Å². The predicted molar refractivity (Wildman–Crippen MR) is 112 cm³/mol. The minimum absolute atomic E-state index is 0.0578. The van der Waals surface area contributed by atoms with Crippen molar-refractivity contribution in [3.63, 3.8) is 0 Å². The molecule has 7 heteroatoms. The average molecular weight is 418 g/mol. The van der Waals surface area contributed by atoms with Gasteiger partial charge in [0.2, 0.25) is 5.91 Å². The first-order valence-corrected chi connectivity index (χ1v) is 12.0. The number of nitrogens with zero attached hydrogens (tertiary/aromatic N) is 3. The van der Waals surface area contributed by atoms with Crippen molar-refractivity contribution < 1.29 is 14.3 Å². The third-order valence-electron chi connectivity index (χ3n) is 7.19. The molecular weight excluding hydrogens is 386 g/mol. The van der Waals surface area contributed by atoms with Gasteiger partial charge in [-0.3, -0.25) is 4.79 Å². The summed E-state index contributed by atoms with van der Waals surface area (Å²) in [6.07, 6.45) is 6.69. The van der Waals surface area contributed by atoms with E-state index in [0.717, 1.165) is 70.6 Å². The Morgan fingerprint density at radius 3 is 2.59 bits per heavy atom. The van der Waals surface area contributed by atoms with Crippen LogP contribution in [0, 0.1) is 5.92 Å². The summed E-state index contributed by atoms with van der Waals surface area (Å²) in [6, 6.07) is 2.51. The van der Waals surface area contributed by atoms with E-state index in [9.17, 15) is 9.59 Å². The van der Waals surface area contributed by atoms with Crippen LogP contribution in [-0.4, -0.2) is 77.6 Å². The first kappa shape index (κ1) is 19.4. The number of ether oxygens (including phenoxy) is 1. The summed E-state index contributed by atoms with van der Waals surface area (Å²) in [5.74, 6) is 0.929. The highest BCUT2D eigenvalue weighted by atomic mass is 32.1. The molecule has 4 fully saturated rings. The van der Waals surface area contributed by atoms with Crippen molar-refractivity contribution in [2.75, 3.05) is 39.4 Å². The number of carbonyl (C=O) groups excluding carboxylic acids is 2. The van der Waals surface area contributed by atoms with E-state index in [-0.39, 0.29) is 23.5 Å². The Hall–Kier alpha value is -1.60. The Balaban J connectivity index is 1.25. The first-order valence-electron chi connectivity index (χ1n) is 11.1. The quantitative estimate of drug-likeness (QED) is 0.740. The van der Waals surface area contributed by atoms with Crippen molar-refractivity contribution >= 4 is 23.3 Å². The van der Waals surface area contributed by atoms with Crippen molar-refractivity contribution in [1.29, 1.82) is 0 Å². The van der Waals surface area contributed by atoms with Crippen LogP contribution in [0.1, 0.15) is 44.1 Å². The molecule has 0 aromatic carbocycles. The summed E-state index contributed by atoms with van der Waals surface area (Å²) < 4.78 is 5.65. The van der Waals surface area contributed by atoms with Crippen molar-refractivity contribution in [2.45, 2.75) is 56.5 Å². The molecule has 1 spiro atoms.